The van der Waals surface area contributed by atoms with E-state index in [9.17, 15) is 5.11 Å². The summed E-state index contributed by atoms with van der Waals surface area (Å²) >= 11 is 1.78. The molecule has 2 heterocycles. The van der Waals surface area contributed by atoms with E-state index in [1.54, 1.807) is 18.4 Å². The number of nitrogens with one attached hydrogen (secondary N) is 1. The Morgan fingerprint density at radius 1 is 1.21 bits per heavy atom. The molecule has 3 rings (SSSR count). The average molecular weight is 516 g/mol. The Bertz CT molecular complexity index is 716. The number of halogens is 1. The molecule has 1 unspecified atom stereocenters. The minimum absolute atomic E-state index is 0. The lowest BCUT2D eigenvalue weighted by Gasteiger charge is -2.37. The number of hydrogen-bond acceptors (Lipinski definition) is 5. The molecule has 2 N–H and O–H groups in total. The Labute approximate surface area is 188 Å². The van der Waals surface area contributed by atoms with Crippen molar-refractivity contribution in [2.45, 2.75) is 13.0 Å². The molecule has 8 heteroatoms. The Morgan fingerprint density at radius 3 is 2.50 bits per heavy atom. The molecule has 1 aliphatic heterocycles. The van der Waals surface area contributed by atoms with Gasteiger partial charge in [0, 0.05) is 32.7 Å². The fourth-order valence-electron chi connectivity index (χ4n) is 3.12. The van der Waals surface area contributed by atoms with E-state index >= 15 is 0 Å². The molecule has 0 bridgehead atoms. The van der Waals surface area contributed by atoms with Crippen molar-refractivity contribution in [2.24, 2.45) is 4.99 Å². The van der Waals surface area contributed by atoms with Gasteiger partial charge < -0.3 is 25.0 Å². The van der Waals surface area contributed by atoms with Gasteiger partial charge in [0.2, 0.25) is 0 Å². The first kappa shape index (κ1) is 22.8. The first-order valence-corrected chi connectivity index (χ1v) is 10.2. The van der Waals surface area contributed by atoms with E-state index in [-0.39, 0.29) is 24.0 Å². The topological polar surface area (TPSA) is 60.3 Å². The minimum Gasteiger partial charge on any atom is -0.497 e. The van der Waals surface area contributed by atoms with E-state index in [0.717, 1.165) is 50.0 Å². The third-order valence-electron chi connectivity index (χ3n) is 4.65. The molecule has 1 aliphatic rings. The summed E-state index contributed by atoms with van der Waals surface area (Å²) in [5.41, 5.74) is 0.845. The van der Waals surface area contributed by atoms with Crippen LogP contribution in [0, 0.1) is 0 Å². The molecule has 28 heavy (non-hydrogen) atoms. The van der Waals surface area contributed by atoms with Crippen LogP contribution in [0.25, 0.3) is 0 Å². The number of aliphatic imine (C=N–C) groups is 1. The maximum atomic E-state index is 10.5. The van der Waals surface area contributed by atoms with Crippen molar-refractivity contribution in [1.82, 2.24) is 10.2 Å². The predicted molar refractivity (Wildman–Crippen MR) is 127 cm³/mol. The van der Waals surface area contributed by atoms with Crippen molar-refractivity contribution < 1.29 is 9.84 Å². The van der Waals surface area contributed by atoms with Crippen LogP contribution in [-0.4, -0.2) is 62.3 Å². The van der Waals surface area contributed by atoms with Gasteiger partial charge in [-0.1, -0.05) is 12.1 Å². The van der Waals surface area contributed by atoms with Gasteiger partial charge in [-0.15, -0.1) is 35.3 Å². The predicted octanol–water partition coefficient (Wildman–Crippen LogP) is 3.20. The molecule has 2 aromatic rings. The van der Waals surface area contributed by atoms with Gasteiger partial charge in [-0.05, 0) is 42.1 Å². The van der Waals surface area contributed by atoms with Crippen LogP contribution >= 0.6 is 35.3 Å². The van der Waals surface area contributed by atoms with E-state index in [0.29, 0.717) is 6.54 Å². The Morgan fingerprint density at radius 2 is 1.93 bits per heavy atom. The quantitative estimate of drug-likeness (QED) is 0.351. The number of thiophene rings is 1. The fraction of sp³-hybridized carbons (Fsp3) is 0.450. The molecule has 6 nitrogen and oxygen atoms in total. The van der Waals surface area contributed by atoms with Crippen molar-refractivity contribution in [1.29, 1.82) is 0 Å². The van der Waals surface area contributed by atoms with E-state index in [1.165, 1.54) is 5.00 Å². The lowest BCUT2D eigenvalue weighted by molar-refractivity contribution is 0.186. The van der Waals surface area contributed by atoms with Gasteiger partial charge in [0.05, 0.1) is 24.8 Å². The van der Waals surface area contributed by atoms with E-state index in [4.69, 9.17) is 4.74 Å². The van der Waals surface area contributed by atoms with Gasteiger partial charge in [-0.3, -0.25) is 4.99 Å². The molecule has 0 amide bonds. The normalized spacial score (nSPS) is 15.8. The molecule has 1 aromatic heterocycles. The lowest BCUT2D eigenvalue weighted by atomic mass is 10.1. The number of anilines is 1. The standard InChI is InChI=1S/C20H28N4O2S.HI/c1-3-21-20(22-15-18(25)16-6-8-17(26-2)9-7-16)24-12-10-23(11-13-24)19-5-4-14-27-19;/h4-9,14,18,25H,3,10-13,15H2,1-2H3,(H,21,22);1H. The highest BCUT2D eigenvalue weighted by atomic mass is 127. The van der Waals surface area contributed by atoms with Crippen LogP contribution in [0.2, 0.25) is 0 Å². The Hall–Kier alpha value is -1.52. The van der Waals surface area contributed by atoms with Crippen molar-refractivity contribution in [3.8, 4) is 5.75 Å². The molecule has 154 valence electrons. The van der Waals surface area contributed by atoms with Crippen LogP contribution < -0.4 is 15.0 Å². The highest BCUT2D eigenvalue weighted by molar-refractivity contribution is 14.0. The first-order valence-electron chi connectivity index (χ1n) is 9.35. The third kappa shape index (κ3) is 5.99. The summed E-state index contributed by atoms with van der Waals surface area (Å²) < 4.78 is 5.16. The summed E-state index contributed by atoms with van der Waals surface area (Å²) in [6.07, 6.45) is -0.628. The molecule has 0 saturated carbocycles. The van der Waals surface area contributed by atoms with E-state index in [2.05, 4.69) is 44.5 Å². The van der Waals surface area contributed by atoms with E-state index in [1.807, 2.05) is 24.3 Å². The third-order valence-corrected chi connectivity index (χ3v) is 5.58. The minimum atomic E-state index is -0.628. The van der Waals surface area contributed by atoms with Crippen LogP contribution in [0.5, 0.6) is 5.75 Å². The lowest BCUT2D eigenvalue weighted by Crippen LogP contribution is -2.52. The highest BCUT2D eigenvalue weighted by Gasteiger charge is 2.20. The first-order chi connectivity index (χ1) is 13.2. The zero-order chi connectivity index (χ0) is 19.1. The fourth-order valence-corrected chi connectivity index (χ4v) is 3.90. The van der Waals surface area contributed by atoms with Gasteiger partial charge >= 0.3 is 0 Å². The van der Waals surface area contributed by atoms with Crippen LogP contribution in [0.3, 0.4) is 0 Å². The number of methoxy groups -OCH3 is 1. The van der Waals surface area contributed by atoms with Crippen molar-refractivity contribution in [2.75, 3.05) is 51.3 Å². The molecule has 1 atom stereocenters. The van der Waals surface area contributed by atoms with Gasteiger partial charge in [0.1, 0.15) is 5.75 Å². The number of aliphatic hydroxyl groups is 1. The maximum absolute atomic E-state index is 10.5. The average Bonchev–Trinajstić information content (AvgIpc) is 3.26. The number of hydrogen-bond donors (Lipinski definition) is 2. The van der Waals surface area contributed by atoms with Crippen LogP contribution in [0.1, 0.15) is 18.6 Å². The number of ether oxygens (including phenoxy) is 1. The van der Waals surface area contributed by atoms with Crippen LogP contribution in [-0.2, 0) is 0 Å². The summed E-state index contributed by atoms with van der Waals surface area (Å²) in [5, 5.41) is 17.3. The van der Waals surface area contributed by atoms with Gasteiger partial charge in [0.25, 0.3) is 0 Å². The summed E-state index contributed by atoms with van der Waals surface area (Å²) in [4.78, 5) is 9.36. The van der Waals surface area contributed by atoms with Crippen LogP contribution in [0.4, 0.5) is 5.00 Å². The smallest absolute Gasteiger partial charge is 0.194 e. The summed E-state index contributed by atoms with van der Waals surface area (Å²) in [6.45, 7) is 7.00. The van der Waals surface area contributed by atoms with E-state index < -0.39 is 6.10 Å². The number of aliphatic hydroxyl groups excluding tert-OH is 1. The summed E-state index contributed by atoms with van der Waals surface area (Å²) in [5.74, 6) is 1.65. The molecular weight excluding hydrogens is 487 g/mol. The summed E-state index contributed by atoms with van der Waals surface area (Å²) in [6, 6.07) is 11.7. The molecular formula is C20H29IN4O2S. The van der Waals surface area contributed by atoms with Crippen molar-refractivity contribution in [3.05, 3.63) is 47.3 Å². The second kappa shape index (κ2) is 11.5. The summed E-state index contributed by atoms with van der Waals surface area (Å²) in [7, 11) is 1.64. The molecule has 1 saturated heterocycles. The number of piperazine rings is 1. The zero-order valence-corrected chi connectivity index (χ0v) is 19.5. The number of benzene rings is 1. The molecule has 0 spiro atoms. The molecule has 0 radical (unpaired) electrons. The van der Waals surface area contributed by atoms with Gasteiger partial charge in [0.15, 0.2) is 5.96 Å². The highest BCUT2D eigenvalue weighted by Crippen LogP contribution is 2.22. The molecule has 0 aliphatic carbocycles. The van der Waals surface area contributed by atoms with Gasteiger partial charge in [-0.2, -0.15) is 0 Å². The SMILES string of the molecule is CCNC(=NCC(O)c1ccc(OC)cc1)N1CCN(c2cccs2)CC1.I. The number of guanidine groups is 1. The Balaban J connectivity index is 0.00000280. The largest absolute Gasteiger partial charge is 0.497 e. The monoisotopic (exact) mass is 516 g/mol. The molecule has 1 aromatic carbocycles. The van der Waals surface area contributed by atoms with Crippen LogP contribution in [0.15, 0.2) is 46.8 Å². The number of nitrogens with zero attached hydrogens (tertiary/aromatic N) is 3. The number of rotatable bonds is 6. The van der Waals surface area contributed by atoms with Gasteiger partial charge in [-0.25, -0.2) is 0 Å². The second-order valence-corrected chi connectivity index (χ2v) is 7.34. The Kier molecular flexibility index (Phi) is 9.33. The second-order valence-electron chi connectivity index (χ2n) is 6.41. The van der Waals surface area contributed by atoms with Crippen molar-refractivity contribution in [3.63, 3.8) is 0 Å². The molecule has 1 fully saturated rings. The van der Waals surface area contributed by atoms with Crippen molar-refractivity contribution >= 4 is 46.3 Å². The maximum Gasteiger partial charge on any atom is 0.194 e. The zero-order valence-electron chi connectivity index (χ0n) is 16.4.